The Balaban J connectivity index is 2.21. The molecule has 2 aromatic rings. The van der Waals surface area contributed by atoms with Crippen LogP contribution in [0.2, 0.25) is 0 Å². The van der Waals surface area contributed by atoms with Crippen LogP contribution in [0, 0.1) is 0 Å². The predicted molar refractivity (Wildman–Crippen MR) is 72.8 cm³/mol. The van der Waals surface area contributed by atoms with Gasteiger partial charge in [0.1, 0.15) is 11.4 Å². The molecule has 6 heteroatoms. The summed E-state index contributed by atoms with van der Waals surface area (Å²) >= 11 is 1.39. The van der Waals surface area contributed by atoms with Gasteiger partial charge >= 0.3 is 5.97 Å². The molecule has 0 saturated carbocycles. The number of pyridine rings is 1. The smallest absolute Gasteiger partial charge is 0.339 e. The van der Waals surface area contributed by atoms with E-state index in [1.807, 2.05) is 13.0 Å². The van der Waals surface area contributed by atoms with Crippen molar-refractivity contribution in [1.29, 1.82) is 0 Å². The van der Waals surface area contributed by atoms with Crippen molar-refractivity contribution in [2.75, 3.05) is 5.32 Å². The standard InChI is InChI=1S/C13H12N2O3S/c1-2-8-5-6-10(19-8)12(16)15-11-9(13(17)18)4-3-7-14-11/h3-7H,2H2,1H3,(H,17,18)(H,14,15,16). The van der Waals surface area contributed by atoms with Crippen LogP contribution in [0.1, 0.15) is 31.8 Å². The molecule has 5 nitrogen and oxygen atoms in total. The number of aromatic nitrogens is 1. The molecule has 0 aliphatic heterocycles. The Morgan fingerprint density at radius 2 is 2.16 bits per heavy atom. The second kappa shape index (κ2) is 5.62. The number of rotatable bonds is 4. The van der Waals surface area contributed by atoms with Gasteiger partial charge in [0.05, 0.1) is 4.88 Å². The maximum Gasteiger partial charge on any atom is 0.339 e. The third-order valence-electron chi connectivity index (χ3n) is 2.50. The third-order valence-corrected chi connectivity index (χ3v) is 3.73. The van der Waals surface area contributed by atoms with E-state index in [9.17, 15) is 9.59 Å². The molecule has 19 heavy (non-hydrogen) atoms. The molecule has 2 heterocycles. The SMILES string of the molecule is CCc1ccc(C(=O)Nc2ncccc2C(=O)O)s1. The zero-order valence-corrected chi connectivity index (χ0v) is 11.0. The maximum atomic E-state index is 12.0. The van der Waals surface area contributed by atoms with Gasteiger partial charge in [-0.15, -0.1) is 11.3 Å². The van der Waals surface area contributed by atoms with Crippen LogP contribution < -0.4 is 5.32 Å². The Morgan fingerprint density at radius 3 is 2.79 bits per heavy atom. The van der Waals surface area contributed by atoms with Crippen molar-refractivity contribution in [3.63, 3.8) is 0 Å². The molecular weight excluding hydrogens is 264 g/mol. The zero-order valence-electron chi connectivity index (χ0n) is 10.2. The van der Waals surface area contributed by atoms with Gasteiger partial charge in [-0.25, -0.2) is 9.78 Å². The third kappa shape index (κ3) is 2.97. The van der Waals surface area contributed by atoms with Crippen molar-refractivity contribution in [1.82, 2.24) is 4.98 Å². The van der Waals surface area contributed by atoms with E-state index in [2.05, 4.69) is 10.3 Å². The molecule has 0 aliphatic rings. The zero-order chi connectivity index (χ0) is 13.8. The summed E-state index contributed by atoms with van der Waals surface area (Å²) in [7, 11) is 0. The van der Waals surface area contributed by atoms with Gasteiger partial charge in [0.2, 0.25) is 0 Å². The van der Waals surface area contributed by atoms with Gasteiger partial charge in [-0.2, -0.15) is 0 Å². The molecule has 0 saturated heterocycles. The van der Waals surface area contributed by atoms with Crippen LogP contribution in [-0.2, 0) is 6.42 Å². The van der Waals surface area contributed by atoms with Crippen molar-refractivity contribution in [2.24, 2.45) is 0 Å². The Bertz CT molecular complexity index is 622. The molecule has 0 atom stereocenters. The number of carbonyl (C=O) groups excluding carboxylic acids is 1. The molecule has 2 aromatic heterocycles. The topological polar surface area (TPSA) is 79.3 Å². The lowest BCUT2D eigenvalue weighted by Gasteiger charge is -2.05. The monoisotopic (exact) mass is 276 g/mol. The van der Waals surface area contributed by atoms with Gasteiger partial charge in [0.25, 0.3) is 5.91 Å². The lowest BCUT2D eigenvalue weighted by atomic mass is 10.2. The number of hydrogen-bond donors (Lipinski definition) is 2. The number of nitrogens with one attached hydrogen (secondary N) is 1. The van der Waals surface area contributed by atoms with E-state index in [-0.39, 0.29) is 17.3 Å². The summed E-state index contributed by atoms with van der Waals surface area (Å²) in [5, 5.41) is 11.5. The minimum absolute atomic E-state index is 0.0249. The molecule has 0 unspecified atom stereocenters. The Labute approximate surface area is 113 Å². The minimum atomic E-state index is -1.12. The molecule has 0 aliphatic carbocycles. The summed E-state index contributed by atoms with van der Waals surface area (Å²) in [5.74, 6) is -1.40. The molecule has 0 fully saturated rings. The first-order valence-corrected chi connectivity index (χ1v) is 6.52. The quantitative estimate of drug-likeness (QED) is 0.899. The summed E-state index contributed by atoms with van der Waals surface area (Å²) in [5.41, 5.74) is -0.0249. The maximum absolute atomic E-state index is 12.0. The van der Waals surface area contributed by atoms with Crippen molar-refractivity contribution >= 4 is 29.0 Å². The average molecular weight is 276 g/mol. The summed E-state index contributed by atoms with van der Waals surface area (Å²) in [6.07, 6.45) is 2.30. The Kier molecular flexibility index (Phi) is 3.91. The first kappa shape index (κ1) is 13.2. The number of hydrogen-bond acceptors (Lipinski definition) is 4. The number of anilines is 1. The van der Waals surface area contributed by atoms with Gasteiger partial charge in [0.15, 0.2) is 0 Å². The molecule has 0 aromatic carbocycles. The second-order valence-electron chi connectivity index (χ2n) is 3.78. The van der Waals surface area contributed by atoms with Crippen molar-refractivity contribution in [3.05, 3.63) is 45.8 Å². The van der Waals surface area contributed by atoms with Crippen molar-refractivity contribution in [2.45, 2.75) is 13.3 Å². The lowest BCUT2D eigenvalue weighted by Crippen LogP contribution is -2.14. The average Bonchev–Trinajstić information content (AvgIpc) is 2.88. The predicted octanol–water partition coefficient (Wildman–Crippen LogP) is 2.66. The van der Waals surface area contributed by atoms with Crippen molar-refractivity contribution in [3.8, 4) is 0 Å². The normalized spacial score (nSPS) is 10.2. The van der Waals surface area contributed by atoms with Gasteiger partial charge in [-0.3, -0.25) is 4.79 Å². The molecular formula is C13H12N2O3S. The summed E-state index contributed by atoms with van der Waals surface area (Å²) < 4.78 is 0. The van der Waals surface area contributed by atoms with Crippen molar-refractivity contribution < 1.29 is 14.7 Å². The first-order chi connectivity index (χ1) is 9.11. The number of carboxylic acid groups (broad SMARTS) is 1. The number of aryl methyl sites for hydroxylation is 1. The molecule has 1 amide bonds. The van der Waals surface area contributed by atoms with Crippen LogP contribution in [-0.4, -0.2) is 22.0 Å². The van der Waals surface area contributed by atoms with E-state index in [0.717, 1.165) is 11.3 Å². The first-order valence-electron chi connectivity index (χ1n) is 5.70. The van der Waals surface area contributed by atoms with Gasteiger partial charge < -0.3 is 10.4 Å². The number of amides is 1. The number of thiophene rings is 1. The Morgan fingerprint density at radius 1 is 1.37 bits per heavy atom. The van der Waals surface area contributed by atoms with Crippen LogP contribution in [0.25, 0.3) is 0 Å². The van der Waals surface area contributed by atoms with E-state index >= 15 is 0 Å². The van der Waals surface area contributed by atoms with E-state index < -0.39 is 5.97 Å². The number of carboxylic acids is 1. The van der Waals surface area contributed by atoms with Crippen LogP contribution in [0.4, 0.5) is 5.82 Å². The molecule has 0 bridgehead atoms. The summed E-state index contributed by atoms with van der Waals surface area (Å²) in [4.78, 5) is 28.5. The van der Waals surface area contributed by atoms with Gasteiger partial charge in [-0.05, 0) is 30.7 Å². The van der Waals surface area contributed by atoms with Gasteiger partial charge in [0, 0.05) is 11.1 Å². The van der Waals surface area contributed by atoms with Crippen LogP contribution >= 0.6 is 11.3 Å². The highest BCUT2D eigenvalue weighted by Gasteiger charge is 2.15. The fourth-order valence-corrected chi connectivity index (χ4v) is 2.38. The number of carbonyl (C=O) groups is 2. The molecule has 98 valence electrons. The Hall–Kier alpha value is -2.21. The minimum Gasteiger partial charge on any atom is -0.478 e. The number of aromatic carboxylic acids is 1. The largest absolute Gasteiger partial charge is 0.478 e. The highest BCUT2D eigenvalue weighted by Crippen LogP contribution is 2.19. The molecule has 0 radical (unpaired) electrons. The van der Waals surface area contributed by atoms with Crippen LogP contribution in [0.15, 0.2) is 30.5 Å². The molecule has 0 spiro atoms. The van der Waals surface area contributed by atoms with E-state index in [1.165, 1.54) is 29.7 Å². The van der Waals surface area contributed by atoms with E-state index in [4.69, 9.17) is 5.11 Å². The van der Waals surface area contributed by atoms with E-state index in [1.54, 1.807) is 6.07 Å². The fourth-order valence-electron chi connectivity index (χ4n) is 1.54. The lowest BCUT2D eigenvalue weighted by molar-refractivity contribution is 0.0697. The highest BCUT2D eigenvalue weighted by atomic mass is 32.1. The fraction of sp³-hybridized carbons (Fsp3) is 0.154. The summed E-state index contributed by atoms with van der Waals surface area (Å²) in [6.45, 7) is 2.01. The van der Waals surface area contributed by atoms with Gasteiger partial charge in [-0.1, -0.05) is 6.92 Å². The summed E-state index contributed by atoms with van der Waals surface area (Å²) in [6, 6.07) is 6.52. The second-order valence-corrected chi connectivity index (χ2v) is 4.95. The van der Waals surface area contributed by atoms with Crippen LogP contribution in [0.3, 0.4) is 0 Å². The van der Waals surface area contributed by atoms with E-state index in [0.29, 0.717) is 4.88 Å². The molecule has 2 N–H and O–H groups in total. The van der Waals surface area contributed by atoms with Crippen LogP contribution in [0.5, 0.6) is 0 Å². The highest BCUT2D eigenvalue weighted by molar-refractivity contribution is 7.14. The molecule has 2 rings (SSSR count). The number of nitrogens with zero attached hydrogens (tertiary/aromatic N) is 1.